The normalized spacial score (nSPS) is 23.7. The molecule has 1 aromatic carbocycles. The Morgan fingerprint density at radius 1 is 1.40 bits per heavy atom. The van der Waals surface area contributed by atoms with Gasteiger partial charge in [-0.3, -0.25) is 4.79 Å². The number of hydrogen-bond acceptors (Lipinski definition) is 2. The zero-order chi connectivity index (χ0) is 11.0. The summed E-state index contributed by atoms with van der Waals surface area (Å²) < 4.78 is 4.75. The van der Waals surface area contributed by atoms with Gasteiger partial charge in [0.2, 0.25) is 0 Å². The summed E-state index contributed by atoms with van der Waals surface area (Å²) >= 11 is 0. The van der Waals surface area contributed by atoms with E-state index in [0.29, 0.717) is 5.92 Å². The zero-order valence-corrected chi connectivity index (χ0v) is 9.41. The number of aryl methyl sites for hydroxylation is 2. The third kappa shape index (κ3) is 1.89. The van der Waals surface area contributed by atoms with Crippen LogP contribution in [0.3, 0.4) is 0 Å². The van der Waals surface area contributed by atoms with Crippen LogP contribution in [0.2, 0.25) is 0 Å². The molecule has 0 N–H and O–H groups in total. The van der Waals surface area contributed by atoms with Crippen LogP contribution in [0.4, 0.5) is 0 Å². The molecule has 1 aromatic rings. The fourth-order valence-corrected chi connectivity index (χ4v) is 2.19. The predicted molar refractivity (Wildman–Crippen MR) is 58.8 cm³/mol. The van der Waals surface area contributed by atoms with Gasteiger partial charge in [0.1, 0.15) is 0 Å². The molecule has 2 nitrogen and oxygen atoms in total. The van der Waals surface area contributed by atoms with Crippen LogP contribution in [0.5, 0.6) is 0 Å². The van der Waals surface area contributed by atoms with Crippen molar-refractivity contribution in [2.45, 2.75) is 26.2 Å². The van der Waals surface area contributed by atoms with E-state index in [-0.39, 0.29) is 11.9 Å². The maximum atomic E-state index is 11.3. The molecule has 0 aromatic heterocycles. The van der Waals surface area contributed by atoms with Gasteiger partial charge in [0.05, 0.1) is 13.0 Å². The number of carbonyl (C=O) groups is 1. The SMILES string of the molecule is COC(=O)[C@H]1C[C@@H]1c1ccc(C)cc1C. The first-order valence-corrected chi connectivity index (χ1v) is 5.28. The summed E-state index contributed by atoms with van der Waals surface area (Å²) in [6.45, 7) is 4.19. The first-order valence-electron chi connectivity index (χ1n) is 5.28. The van der Waals surface area contributed by atoms with Crippen molar-refractivity contribution >= 4 is 5.97 Å². The lowest BCUT2D eigenvalue weighted by atomic mass is 10.0. The minimum Gasteiger partial charge on any atom is -0.469 e. The maximum Gasteiger partial charge on any atom is 0.309 e. The van der Waals surface area contributed by atoms with E-state index in [2.05, 4.69) is 32.0 Å². The third-order valence-corrected chi connectivity index (χ3v) is 3.12. The Labute approximate surface area is 90.3 Å². The van der Waals surface area contributed by atoms with Gasteiger partial charge in [0, 0.05) is 0 Å². The monoisotopic (exact) mass is 204 g/mol. The number of esters is 1. The second kappa shape index (κ2) is 3.69. The van der Waals surface area contributed by atoms with E-state index in [1.807, 2.05) is 0 Å². The smallest absolute Gasteiger partial charge is 0.309 e. The van der Waals surface area contributed by atoms with Crippen LogP contribution in [0, 0.1) is 19.8 Å². The van der Waals surface area contributed by atoms with Crippen molar-refractivity contribution in [1.82, 2.24) is 0 Å². The molecule has 0 saturated heterocycles. The first kappa shape index (κ1) is 10.2. The Morgan fingerprint density at radius 2 is 2.13 bits per heavy atom. The molecule has 1 aliphatic carbocycles. The number of hydrogen-bond donors (Lipinski definition) is 0. The second-order valence-corrected chi connectivity index (χ2v) is 4.33. The van der Waals surface area contributed by atoms with Crippen LogP contribution in [-0.4, -0.2) is 13.1 Å². The molecule has 15 heavy (non-hydrogen) atoms. The molecular formula is C13H16O2. The quantitative estimate of drug-likeness (QED) is 0.692. The van der Waals surface area contributed by atoms with Crippen molar-refractivity contribution in [2.24, 2.45) is 5.92 Å². The molecule has 1 fully saturated rings. The maximum absolute atomic E-state index is 11.3. The standard InChI is InChI=1S/C13H16O2/c1-8-4-5-10(9(2)6-8)11-7-12(11)13(14)15-3/h4-6,11-12H,7H2,1-3H3/t11-,12+/m1/s1. The molecule has 0 bridgehead atoms. The summed E-state index contributed by atoms with van der Waals surface area (Å²) in [5.41, 5.74) is 3.86. The highest BCUT2D eigenvalue weighted by Crippen LogP contribution is 2.49. The number of benzene rings is 1. The van der Waals surface area contributed by atoms with Gasteiger partial charge in [-0.1, -0.05) is 23.8 Å². The number of rotatable bonds is 2. The molecule has 0 radical (unpaired) electrons. The molecule has 0 heterocycles. The fraction of sp³-hybridized carbons (Fsp3) is 0.462. The largest absolute Gasteiger partial charge is 0.469 e. The topological polar surface area (TPSA) is 26.3 Å². The van der Waals surface area contributed by atoms with Gasteiger partial charge in [-0.15, -0.1) is 0 Å². The van der Waals surface area contributed by atoms with Gasteiger partial charge in [-0.2, -0.15) is 0 Å². The van der Waals surface area contributed by atoms with Gasteiger partial charge in [-0.05, 0) is 37.3 Å². The van der Waals surface area contributed by atoms with Gasteiger partial charge >= 0.3 is 5.97 Å². The lowest BCUT2D eigenvalue weighted by Gasteiger charge is -2.05. The first-order chi connectivity index (χ1) is 7.13. The van der Waals surface area contributed by atoms with E-state index in [4.69, 9.17) is 4.74 Å². The van der Waals surface area contributed by atoms with Crippen LogP contribution >= 0.6 is 0 Å². The van der Waals surface area contributed by atoms with Gasteiger partial charge in [-0.25, -0.2) is 0 Å². The van der Waals surface area contributed by atoms with Crippen molar-refractivity contribution in [3.05, 3.63) is 34.9 Å². The molecule has 2 heteroatoms. The lowest BCUT2D eigenvalue weighted by molar-refractivity contribution is -0.142. The minimum atomic E-state index is -0.0695. The van der Waals surface area contributed by atoms with Crippen LogP contribution in [-0.2, 0) is 9.53 Å². The highest BCUT2D eigenvalue weighted by Gasteiger charge is 2.45. The molecule has 0 aliphatic heterocycles. The zero-order valence-electron chi connectivity index (χ0n) is 9.41. The van der Waals surface area contributed by atoms with Gasteiger partial charge < -0.3 is 4.74 Å². The molecule has 0 spiro atoms. The molecule has 1 saturated carbocycles. The van der Waals surface area contributed by atoms with E-state index in [9.17, 15) is 4.79 Å². The van der Waals surface area contributed by atoms with Crippen molar-refractivity contribution in [2.75, 3.05) is 7.11 Å². The van der Waals surface area contributed by atoms with Crippen LogP contribution in [0.25, 0.3) is 0 Å². The van der Waals surface area contributed by atoms with Crippen molar-refractivity contribution in [3.8, 4) is 0 Å². The van der Waals surface area contributed by atoms with Crippen molar-refractivity contribution in [3.63, 3.8) is 0 Å². The Bertz CT molecular complexity index is 396. The van der Waals surface area contributed by atoms with Gasteiger partial charge in [0.25, 0.3) is 0 Å². The number of methoxy groups -OCH3 is 1. The van der Waals surface area contributed by atoms with E-state index in [1.54, 1.807) is 0 Å². The molecule has 2 atom stereocenters. The lowest BCUT2D eigenvalue weighted by Crippen LogP contribution is -2.04. The average molecular weight is 204 g/mol. The number of carbonyl (C=O) groups excluding carboxylic acids is 1. The summed E-state index contributed by atoms with van der Waals surface area (Å²) in [7, 11) is 1.46. The fourth-order valence-electron chi connectivity index (χ4n) is 2.19. The van der Waals surface area contributed by atoms with Crippen molar-refractivity contribution in [1.29, 1.82) is 0 Å². The summed E-state index contributed by atoms with van der Waals surface area (Å²) in [4.78, 5) is 11.3. The molecule has 2 rings (SSSR count). The van der Waals surface area contributed by atoms with E-state index in [1.165, 1.54) is 23.8 Å². The average Bonchev–Trinajstić information content (AvgIpc) is 2.96. The van der Waals surface area contributed by atoms with Crippen LogP contribution in [0.1, 0.15) is 29.0 Å². The van der Waals surface area contributed by atoms with Crippen molar-refractivity contribution < 1.29 is 9.53 Å². The molecular weight excluding hydrogens is 188 g/mol. The summed E-state index contributed by atoms with van der Waals surface area (Å²) in [6, 6.07) is 6.41. The Hall–Kier alpha value is -1.31. The van der Waals surface area contributed by atoms with E-state index >= 15 is 0 Å². The highest BCUT2D eigenvalue weighted by atomic mass is 16.5. The molecule has 80 valence electrons. The Morgan fingerprint density at radius 3 is 2.73 bits per heavy atom. The molecule has 0 amide bonds. The Balaban J connectivity index is 2.16. The summed E-state index contributed by atoms with van der Waals surface area (Å²) in [6.07, 6.45) is 0.941. The predicted octanol–water partition coefficient (Wildman–Crippen LogP) is 2.58. The molecule has 0 unspecified atom stereocenters. The van der Waals surface area contributed by atoms with E-state index in [0.717, 1.165) is 6.42 Å². The minimum absolute atomic E-state index is 0.0695. The summed E-state index contributed by atoms with van der Waals surface area (Å²) in [5, 5.41) is 0. The highest BCUT2D eigenvalue weighted by molar-refractivity contribution is 5.77. The van der Waals surface area contributed by atoms with E-state index < -0.39 is 0 Å². The molecule has 1 aliphatic rings. The van der Waals surface area contributed by atoms with Gasteiger partial charge in [0.15, 0.2) is 0 Å². The third-order valence-electron chi connectivity index (χ3n) is 3.12. The number of ether oxygens (including phenoxy) is 1. The summed E-state index contributed by atoms with van der Waals surface area (Å²) in [5.74, 6) is 0.412. The van der Waals surface area contributed by atoms with Crippen LogP contribution in [0.15, 0.2) is 18.2 Å². The second-order valence-electron chi connectivity index (χ2n) is 4.33. The van der Waals surface area contributed by atoms with Crippen LogP contribution < -0.4 is 0 Å². The Kier molecular flexibility index (Phi) is 2.51.